The number of anilines is 1. The Morgan fingerprint density at radius 3 is 2.05 bits per heavy atom. The van der Waals surface area contributed by atoms with Crippen LogP contribution in [0.5, 0.6) is 5.75 Å². The third-order valence-electron chi connectivity index (χ3n) is 6.40. The lowest BCUT2D eigenvalue weighted by Gasteiger charge is -2.34. The third kappa shape index (κ3) is 8.57. The maximum Gasteiger partial charge on any atom is 0.264 e. The van der Waals surface area contributed by atoms with Crippen LogP contribution in [0, 0.1) is 6.92 Å². The fourth-order valence-electron chi connectivity index (χ4n) is 4.39. The summed E-state index contributed by atoms with van der Waals surface area (Å²) in [5.74, 6) is -0.196. The minimum atomic E-state index is -4.13. The summed E-state index contributed by atoms with van der Waals surface area (Å²) < 4.78 is 34.6. The van der Waals surface area contributed by atoms with Crippen molar-refractivity contribution in [2.24, 2.45) is 0 Å². The number of rotatable bonds is 12. The van der Waals surface area contributed by atoms with Gasteiger partial charge in [-0.05, 0) is 83.0 Å². The number of benzene rings is 3. The second-order valence-corrected chi connectivity index (χ2v) is 12.8. The smallest absolute Gasteiger partial charge is 0.264 e. The molecular formula is C32H41N3O5S. The lowest BCUT2D eigenvalue weighted by atomic mass is 10.1. The number of nitrogens with zero attached hydrogens (tertiary/aromatic N) is 2. The van der Waals surface area contributed by atoms with Crippen LogP contribution in [0.2, 0.25) is 0 Å². The van der Waals surface area contributed by atoms with Crippen molar-refractivity contribution in [1.82, 2.24) is 10.2 Å². The molecule has 8 nitrogen and oxygen atoms in total. The standard InChI is InChI=1S/C32H41N3O5S/c1-7-29(31(37)33-32(4,5)6)34(22-25-12-10-9-11-13-25)30(36)23-35(26-16-18-27(19-17-26)40-8-2)41(38,39)28-20-14-24(3)15-21-28/h9-21,29H,7-8,22-23H2,1-6H3,(H,33,37)/t29-/m0/s1. The Morgan fingerprint density at radius 1 is 0.902 bits per heavy atom. The molecule has 1 atom stereocenters. The number of hydrogen-bond donors (Lipinski definition) is 1. The molecule has 0 radical (unpaired) electrons. The zero-order chi connectivity index (χ0) is 30.2. The Hall–Kier alpha value is -3.85. The van der Waals surface area contributed by atoms with E-state index in [0.29, 0.717) is 24.5 Å². The monoisotopic (exact) mass is 579 g/mol. The average Bonchev–Trinajstić information content (AvgIpc) is 2.92. The van der Waals surface area contributed by atoms with Crippen molar-refractivity contribution in [3.05, 3.63) is 90.0 Å². The Balaban J connectivity index is 2.06. The molecule has 0 aliphatic carbocycles. The number of hydrogen-bond acceptors (Lipinski definition) is 5. The van der Waals surface area contributed by atoms with Gasteiger partial charge in [0.05, 0.1) is 17.2 Å². The summed E-state index contributed by atoms with van der Waals surface area (Å²) in [7, 11) is -4.13. The molecule has 0 saturated carbocycles. The number of carbonyl (C=O) groups excluding carboxylic acids is 2. The molecule has 1 N–H and O–H groups in total. The van der Waals surface area contributed by atoms with Crippen LogP contribution in [-0.4, -0.2) is 49.9 Å². The van der Waals surface area contributed by atoms with Gasteiger partial charge in [0.2, 0.25) is 11.8 Å². The molecule has 0 heterocycles. The first-order chi connectivity index (χ1) is 19.4. The third-order valence-corrected chi connectivity index (χ3v) is 8.19. The van der Waals surface area contributed by atoms with Crippen molar-refractivity contribution in [2.45, 2.75) is 71.0 Å². The highest BCUT2D eigenvalue weighted by molar-refractivity contribution is 7.92. The molecule has 220 valence electrons. The van der Waals surface area contributed by atoms with Crippen LogP contribution in [-0.2, 0) is 26.2 Å². The zero-order valence-corrected chi connectivity index (χ0v) is 25.6. The van der Waals surface area contributed by atoms with Gasteiger partial charge in [0.1, 0.15) is 18.3 Å². The molecule has 0 aliphatic heterocycles. The second-order valence-electron chi connectivity index (χ2n) is 10.9. The van der Waals surface area contributed by atoms with Gasteiger partial charge in [-0.15, -0.1) is 0 Å². The number of nitrogens with one attached hydrogen (secondary N) is 1. The summed E-state index contributed by atoms with van der Waals surface area (Å²) in [5.41, 5.74) is 1.55. The Kier molecular flexibility index (Phi) is 10.6. The molecule has 41 heavy (non-hydrogen) atoms. The van der Waals surface area contributed by atoms with E-state index in [4.69, 9.17) is 4.74 Å². The molecule has 0 bridgehead atoms. The topological polar surface area (TPSA) is 96.0 Å². The van der Waals surface area contributed by atoms with Gasteiger partial charge in [0.15, 0.2) is 0 Å². The van der Waals surface area contributed by atoms with E-state index in [9.17, 15) is 18.0 Å². The van der Waals surface area contributed by atoms with Crippen LogP contribution >= 0.6 is 0 Å². The van der Waals surface area contributed by atoms with Crippen molar-refractivity contribution >= 4 is 27.5 Å². The van der Waals surface area contributed by atoms with E-state index in [-0.39, 0.29) is 17.3 Å². The number of amides is 2. The number of carbonyl (C=O) groups is 2. The number of aryl methyl sites for hydroxylation is 1. The van der Waals surface area contributed by atoms with Gasteiger partial charge < -0.3 is 15.0 Å². The van der Waals surface area contributed by atoms with Gasteiger partial charge in [-0.1, -0.05) is 55.0 Å². The summed E-state index contributed by atoms with van der Waals surface area (Å²) in [5, 5.41) is 2.98. The SMILES string of the molecule is CCOc1ccc(N(CC(=O)N(Cc2ccccc2)[C@@H](CC)C(=O)NC(C)(C)C)S(=O)(=O)c2ccc(C)cc2)cc1. The van der Waals surface area contributed by atoms with Crippen molar-refractivity contribution in [2.75, 3.05) is 17.5 Å². The first-order valence-electron chi connectivity index (χ1n) is 13.8. The van der Waals surface area contributed by atoms with Gasteiger partial charge in [-0.2, -0.15) is 0 Å². The predicted molar refractivity (Wildman–Crippen MR) is 162 cm³/mol. The quantitative estimate of drug-likeness (QED) is 0.314. The Bertz CT molecular complexity index is 1400. The summed E-state index contributed by atoms with van der Waals surface area (Å²) >= 11 is 0. The fraction of sp³-hybridized carbons (Fsp3) is 0.375. The van der Waals surface area contributed by atoms with Crippen LogP contribution in [0.25, 0.3) is 0 Å². The molecule has 0 unspecified atom stereocenters. The van der Waals surface area contributed by atoms with Crippen LogP contribution in [0.1, 0.15) is 52.2 Å². The molecule has 3 aromatic carbocycles. The summed E-state index contributed by atoms with van der Waals surface area (Å²) in [6.45, 7) is 11.3. The Labute approximate surface area is 244 Å². The highest BCUT2D eigenvalue weighted by atomic mass is 32.2. The summed E-state index contributed by atoms with van der Waals surface area (Å²) in [6.07, 6.45) is 0.355. The highest BCUT2D eigenvalue weighted by Gasteiger charge is 2.34. The van der Waals surface area contributed by atoms with E-state index in [2.05, 4.69) is 5.32 Å². The molecular weight excluding hydrogens is 538 g/mol. The average molecular weight is 580 g/mol. The van der Waals surface area contributed by atoms with Crippen molar-refractivity contribution < 1.29 is 22.7 Å². The minimum Gasteiger partial charge on any atom is -0.494 e. The largest absolute Gasteiger partial charge is 0.494 e. The van der Waals surface area contributed by atoms with Crippen molar-refractivity contribution in [3.63, 3.8) is 0 Å². The zero-order valence-electron chi connectivity index (χ0n) is 24.8. The van der Waals surface area contributed by atoms with Gasteiger partial charge in [-0.3, -0.25) is 13.9 Å². The van der Waals surface area contributed by atoms with Crippen LogP contribution in [0.15, 0.2) is 83.8 Å². The van der Waals surface area contributed by atoms with Crippen molar-refractivity contribution in [1.29, 1.82) is 0 Å². The minimum absolute atomic E-state index is 0.0666. The molecule has 0 aliphatic rings. The van der Waals surface area contributed by atoms with Gasteiger partial charge >= 0.3 is 0 Å². The van der Waals surface area contributed by atoms with Crippen LogP contribution in [0.3, 0.4) is 0 Å². The second kappa shape index (κ2) is 13.7. The van der Waals surface area contributed by atoms with E-state index >= 15 is 0 Å². The Morgan fingerprint density at radius 2 is 1.51 bits per heavy atom. The molecule has 0 spiro atoms. The summed E-state index contributed by atoms with van der Waals surface area (Å²) in [6, 6.07) is 21.6. The van der Waals surface area contributed by atoms with Gasteiger partial charge in [-0.25, -0.2) is 8.42 Å². The van der Waals surface area contributed by atoms with E-state index in [1.54, 1.807) is 36.4 Å². The highest BCUT2D eigenvalue weighted by Crippen LogP contribution is 2.27. The fourth-order valence-corrected chi connectivity index (χ4v) is 5.81. The summed E-state index contributed by atoms with van der Waals surface area (Å²) in [4.78, 5) is 29.0. The number of ether oxygens (including phenoxy) is 1. The maximum atomic E-state index is 14.1. The van der Waals surface area contributed by atoms with Gasteiger partial charge in [0.25, 0.3) is 10.0 Å². The molecule has 0 fully saturated rings. The number of sulfonamides is 1. The van der Waals surface area contributed by atoms with E-state index < -0.39 is 34.1 Å². The molecule has 3 rings (SSSR count). The normalized spacial score (nSPS) is 12.3. The van der Waals surface area contributed by atoms with E-state index in [1.165, 1.54) is 17.0 Å². The van der Waals surface area contributed by atoms with Crippen LogP contribution in [0.4, 0.5) is 5.69 Å². The van der Waals surface area contributed by atoms with E-state index in [1.807, 2.05) is 71.9 Å². The molecule has 9 heteroatoms. The molecule has 0 aromatic heterocycles. The predicted octanol–water partition coefficient (Wildman–Crippen LogP) is 5.31. The molecule has 0 saturated heterocycles. The first kappa shape index (κ1) is 31.7. The van der Waals surface area contributed by atoms with E-state index in [0.717, 1.165) is 15.4 Å². The maximum absolute atomic E-state index is 14.1. The first-order valence-corrected chi connectivity index (χ1v) is 15.3. The lowest BCUT2D eigenvalue weighted by Crippen LogP contribution is -2.55. The molecule has 3 aromatic rings. The lowest BCUT2D eigenvalue weighted by molar-refractivity contribution is -0.141. The van der Waals surface area contributed by atoms with Gasteiger partial charge in [0, 0.05) is 12.1 Å². The van der Waals surface area contributed by atoms with Crippen molar-refractivity contribution in [3.8, 4) is 5.75 Å². The van der Waals surface area contributed by atoms with Crippen LogP contribution < -0.4 is 14.4 Å². The molecule has 2 amide bonds.